The van der Waals surface area contributed by atoms with Gasteiger partial charge in [0.05, 0.1) is 17.2 Å². The van der Waals surface area contributed by atoms with E-state index >= 15 is 0 Å². The molecular formula is C25H25Cl2N5O2S. The molecule has 2 aromatic carbocycles. The lowest BCUT2D eigenvalue weighted by atomic mass is 9.73. The number of aromatic nitrogens is 2. The van der Waals surface area contributed by atoms with Gasteiger partial charge in [-0.25, -0.2) is 14.8 Å². The van der Waals surface area contributed by atoms with E-state index in [1.54, 1.807) is 18.2 Å². The Morgan fingerprint density at radius 2 is 1.89 bits per heavy atom. The number of anilines is 2. The Hall–Kier alpha value is -2.52. The van der Waals surface area contributed by atoms with E-state index in [2.05, 4.69) is 33.1 Å². The molecule has 1 aliphatic carbocycles. The Kier molecular flexibility index (Phi) is 6.57. The van der Waals surface area contributed by atoms with Crippen molar-refractivity contribution in [1.82, 2.24) is 9.97 Å². The van der Waals surface area contributed by atoms with E-state index in [1.807, 2.05) is 6.07 Å². The van der Waals surface area contributed by atoms with Crippen LogP contribution in [0.1, 0.15) is 40.5 Å². The van der Waals surface area contributed by atoms with Crippen molar-refractivity contribution in [2.45, 2.75) is 35.2 Å². The molecule has 1 aliphatic heterocycles. The van der Waals surface area contributed by atoms with Crippen LogP contribution in [0.2, 0.25) is 10.0 Å². The Balaban J connectivity index is 1.42. The number of hydrogen-bond donors (Lipinski definition) is 2. The maximum Gasteiger partial charge on any atom is 0.360 e. The number of nitrogens with two attached hydrogens (primary N) is 2. The minimum atomic E-state index is -0.572. The zero-order chi connectivity index (χ0) is 24.7. The Morgan fingerprint density at radius 3 is 2.60 bits per heavy atom. The smallest absolute Gasteiger partial charge is 0.360 e. The van der Waals surface area contributed by atoms with E-state index in [1.165, 1.54) is 30.0 Å². The second kappa shape index (κ2) is 9.50. The molecule has 1 aromatic heterocycles. The summed E-state index contributed by atoms with van der Waals surface area (Å²) in [5.41, 5.74) is 15.7. The molecule has 1 saturated heterocycles. The van der Waals surface area contributed by atoms with Crippen LogP contribution in [0.15, 0.2) is 52.4 Å². The molecular weight excluding hydrogens is 505 g/mol. The van der Waals surface area contributed by atoms with Gasteiger partial charge in [-0.2, -0.15) is 0 Å². The molecule has 1 atom stereocenters. The number of nitrogens with zero attached hydrogens (tertiary/aromatic N) is 3. The number of benzene rings is 2. The van der Waals surface area contributed by atoms with Gasteiger partial charge in [-0.05, 0) is 47.9 Å². The van der Waals surface area contributed by atoms with Crippen molar-refractivity contribution < 1.29 is 9.53 Å². The molecule has 0 radical (unpaired) electrons. The van der Waals surface area contributed by atoms with Gasteiger partial charge in [-0.3, -0.25) is 0 Å². The van der Waals surface area contributed by atoms with E-state index in [-0.39, 0.29) is 23.0 Å². The Morgan fingerprint density at radius 1 is 1.14 bits per heavy atom. The number of esters is 1. The summed E-state index contributed by atoms with van der Waals surface area (Å²) < 4.78 is 5.02. The first-order valence-corrected chi connectivity index (χ1v) is 12.9. The third-order valence-electron chi connectivity index (χ3n) is 7.02. The molecule has 0 saturated carbocycles. The molecule has 182 valence electrons. The molecule has 2 heterocycles. The molecule has 1 fully saturated rings. The summed E-state index contributed by atoms with van der Waals surface area (Å²) in [5.74, 6) is 0.0607. The standard InChI is InChI=1S/C25H25Cl2N5O2S/c1-34-24(33)19-22(31-21(29)23(30-19)35-17-8-4-7-16(26)18(17)27)32-11-9-25(10-12-32)13-14-5-2-3-6-15(14)20(25)28/h2-8,20H,9-13,28H2,1H3,(H2,29,31)/t20-/m1/s1. The fraction of sp³-hybridized carbons (Fsp3) is 0.320. The monoisotopic (exact) mass is 529 g/mol. The number of methoxy groups -OCH3 is 1. The summed E-state index contributed by atoms with van der Waals surface area (Å²) in [4.78, 5) is 24.6. The number of ether oxygens (including phenoxy) is 1. The minimum Gasteiger partial charge on any atom is -0.464 e. The topological polar surface area (TPSA) is 107 Å². The molecule has 5 rings (SSSR count). The Labute approximate surface area is 218 Å². The van der Waals surface area contributed by atoms with Crippen molar-refractivity contribution in [3.63, 3.8) is 0 Å². The quantitative estimate of drug-likeness (QED) is 0.447. The highest BCUT2D eigenvalue weighted by molar-refractivity contribution is 7.99. The van der Waals surface area contributed by atoms with Crippen LogP contribution < -0.4 is 16.4 Å². The van der Waals surface area contributed by atoms with Crippen molar-refractivity contribution in [1.29, 1.82) is 0 Å². The molecule has 3 aromatic rings. The van der Waals surface area contributed by atoms with Gasteiger partial charge in [0.25, 0.3) is 0 Å². The van der Waals surface area contributed by atoms with Gasteiger partial charge in [0, 0.05) is 24.0 Å². The lowest BCUT2D eigenvalue weighted by molar-refractivity contribution is 0.0593. The molecule has 10 heteroatoms. The third kappa shape index (κ3) is 4.33. The lowest BCUT2D eigenvalue weighted by Gasteiger charge is -2.42. The lowest BCUT2D eigenvalue weighted by Crippen LogP contribution is -2.45. The van der Waals surface area contributed by atoms with Gasteiger partial charge in [0.1, 0.15) is 5.03 Å². The van der Waals surface area contributed by atoms with Crippen LogP contribution in [0.3, 0.4) is 0 Å². The number of piperidine rings is 1. The van der Waals surface area contributed by atoms with Gasteiger partial charge in [0.15, 0.2) is 17.3 Å². The van der Waals surface area contributed by atoms with Crippen LogP contribution in [-0.2, 0) is 11.2 Å². The number of halogens is 2. The average molecular weight is 530 g/mol. The molecule has 7 nitrogen and oxygen atoms in total. The van der Waals surface area contributed by atoms with Crippen LogP contribution in [0, 0.1) is 5.41 Å². The van der Waals surface area contributed by atoms with E-state index in [0.717, 1.165) is 19.3 Å². The zero-order valence-corrected chi connectivity index (χ0v) is 21.5. The first-order chi connectivity index (χ1) is 16.8. The van der Waals surface area contributed by atoms with Crippen LogP contribution in [0.4, 0.5) is 11.6 Å². The Bertz CT molecular complexity index is 1300. The summed E-state index contributed by atoms with van der Waals surface area (Å²) >= 11 is 13.7. The SMILES string of the molecule is COC(=O)c1nc(Sc2cccc(Cl)c2Cl)c(N)nc1N1CCC2(CC1)Cc1ccccc1[C@H]2N. The van der Waals surface area contributed by atoms with Crippen LogP contribution >= 0.6 is 35.0 Å². The van der Waals surface area contributed by atoms with Crippen molar-refractivity contribution in [2.75, 3.05) is 30.8 Å². The molecule has 0 amide bonds. The summed E-state index contributed by atoms with van der Waals surface area (Å²) in [6, 6.07) is 13.7. The fourth-order valence-electron chi connectivity index (χ4n) is 5.09. The maximum absolute atomic E-state index is 12.7. The molecule has 4 N–H and O–H groups in total. The van der Waals surface area contributed by atoms with Gasteiger partial charge >= 0.3 is 5.97 Å². The molecule has 2 aliphatic rings. The summed E-state index contributed by atoms with van der Waals surface area (Å²) in [7, 11) is 1.32. The number of fused-ring (bicyclic) bond motifs is 1. The normalized spacial score (nSPS) is 18.5. The van der Waals surface area contributed by atoms with Crippen molar-refractivity contribution in [2.24, 2.45) is 11.1 Å². The van der Waals surface area contributed by atoms with Gasteiger partial charge < -0.3 is 21.1 Å². The summed E-state index contributed by atoms with van der Waals surface area (Å²) in [6.07, 6.45) is 2.71. The molecule has 35 heavy (non-hydrogen) atoms. The highest BCUT2D eigenvalue weighted by Crippen LogP contribution is 2.51. The van der Waals surface area contributed by atoms with E-state index in [0.29, 0.717) is 38.9 Å². The highest BCUT2D eigenvalue weighted by Gasteiger charge is 2.46. The second-order valence-corrected chi connectivity index (χ2v) is 10.8. The predicted molar refractivity (Wildman–Crippen MR) is 139 cm³/mol. The van der Waals surface area contributed by atoms with E-state index < -0.39 is 5.97 Å². The zero-order valence-electron chi connectivity index (χ0n) is 19.1. The molecule has 0 bridgehead atoms. The molecule has 1 spiro atoms. The largest absolute Gasteiger partial charge is 0.464 e. The van der Waals surface area contributed by atoms with E-state index in [9.17, 15) is 4.79 Å². The van der Waals surface area contributed by atoms with Crippen molar-refractivity contribution >= 4 is 52.6 Å². The minimum absolute atomic E-state index is 0.00157. The van der Waals surface area contributed by atoms with Gasteiger partial charge in [-0.15, -0.1) is 0 Å². The first kappa shape index (κ1) is 24.2. The number of rotatable bonds is 4. The highest BCUT2D eigenvalue weighted by atomic mass is 35.5. The molecule has 0 unspecified atom stereocenters. The number of nitrogen functional groups attached to an aromatic ring is 1. The van der Waals surface area contributed by atoms with Gasteiger partial charge in [0.2, 0.25) is 0 Å². The third-order valence-corrected chi connectivity index (χ3v) is 9.01. The van der Waals surface area contributed by atoms with Crippen molar-refractivity contribution in [3.05, 3.63) is 69.3 Å². The number of hydrogen-bond acceptors (Lipinski definition) is 8. The van der Waals surface area contributed by atoms with Crippen LogP contribution in [0.25, 0.3) is 0 Å². The number of carbonyl (C=O) groups is 1. The number of carbonyl (C=O) groups excluding carboxylic acids is 1. The first-order valence-electron chi connectivity index (χ1n) is 11.3. The summed E-state index contributed by atoms with van der Waals surface area (Å²) in [6.45, 7) is 1.37. The van der Waals surface area contributed by atoms with E-state index in [4.69, 9.17) is 39.4 Å². The van der Waals surface area contributed by atoms with Gasteiger partial charge in [-0.1, -0.05) is 65.3 Å². The van der Waals surface area contributed by atoms with Crippen LogP contribution in [-0.4, -0.2) is 36.1 Å². The fourth-order valence-corrected chi connectivity index (χ4v) is 6.40. The van der Waals surface area contributed by atoms with Crippen LogP contribution in [0.5, 0.6) is 0 Å². The maximum atomic E-state index is 12.7. The predicted octanol–water partition coefficient (Wildman–Crippen LogP) is 5.15. The summed E-state index contributed by atoms with van der Waals surface area (Å²) in [5, 5.41) is 1.17. The average Bonchev–Trinajstić information content (AvgIpc) is 3.14. The second-order valence-electron chi connectivity index (χ2n) is 8.93. The van der Waals surface area contributed by atoms with Crippen molar-refractivity contribution in [3.8, 4) is 0 Å².